The van der Waals surface area contributed by atoms with Crippen LogP contribution in [0.1, 0.15) is 5.56 Å². The number of thioether (sulfide) groups is 2. The van der Waals surface area contributed by atoms with Crippen molar-refractivity contribution in [3.8, 4) is 11.4 Å². The lowest BCUT2D eigenvalue weighted by molar-refractivity contribution is -0.113. The number of benzene rings is 2. The number of aromatic nitrogens is 3. The zero-order valence-electron chi connectivity index (χ0n) is 15.2. The number of alkyl halides is 2. The minimum absolute atomic E-state index is 0.160. The molecule has 0 bridgehead atoms. The molecule has 28 heavy (non-hydrogen) atoms. The molecule has 3 aromatic rings. The second kappa shape index (κ2) is 9.20. The van der Waals surface area contributed by atoms with Crippen LogP contribution in [0, 0.1) is 6.92 Å². The first-order valence-corrected chi connectivity index (χ1v) is 10.2. The van der Waals surface area contributed by atoms with Crippen molar-refractivity contribution in [2.75, 3.05) is 11.1 Å². The standard InChI is InChI=1S/C19H18F2N4OS2/c1-12-3-5-13(6-4-12)17-23-24-19(25(17)2)27-11-16(26)22-14-7-9-15(10-8-14)28-18(20)21/h3-10,18H,11H2,1-2H3,(H,22,26). The number of carbonyl (C=O) groups is 1. The van der Waals surface area contributed by atoms with Crippen LogP contribution in [-0.4, -0.2) is 32.2 Å². The van der Waals surface area contributed by atoms with Crippen molar-refractivity contribution < 1.29 is 13.6 Å². The highest BCUT2D eigenvalue weighted by Gasteiger charge is 2.13. The number of rotatable bonds is 7. The minimum Gasteiger partial charge on any atom is -0.325 e. The monoisotopic (exact) mass is 420 g/mol. The molecule has 3 rings (SSSR count). The first-order chi connectivity index (χ1) is 13.4. The first-order valence-electron chi connectivity index (χ1n) is 8.36. The van der Waals surface area contributed by atoms with Gasteiger partial charge in [-0.05, 0) is 31.2 Å². The number of amides is 1. The van der Waals surface area contributed by atoms with Crippen molar-refractivity contribution in [2.45, 2.75) is 22.7 Å². The zero-order chi connectivity index (χ0) is 20.1. The van der Waals surface area contributed by atoms with Crippen molar-refractivity contribution in [3.63, 3.8) is 0 Å². The van der Waals surface area contributed by atoms with E-state index in [0.717, 1.165) is 17.0 Å². The molecular formula is C19H18F2N4OS2. The summed E-state index contributed by atoms with van der Waals surface area (Å²) >= 11 is 1.75. The van der Waals surface area contributed by atoms with E-state index in [1.165, 1.54) is 11.8 Å². The molecule has 1 N–H and O–H groups in total. The van der Waals surface area contributed by atoms with E-state index in [1.807, 2.05) is 42.8 Å². The third-order valence-electron chi connectivity index (χ3n) is 3.84. The third kappa shape index (κ3) is 5.32. The molecule has 146 valence electrons. The average molecular weight is 421 g/mol. The van der Waals surface area contributed by atoms with E-state index in [1.54, 1.807) is 24.3 Å². The fourth-order valence-corrected chi connectivity index (χ4v) is 3.65. The van der Waals surface area contributed by atoms with E-state index in [9.17, 15) is 13.6 Å². The van der Waals surface area contributed by atoms with Crippen molar-refractivity contribution in [1.82, 2.24) is 14.8 Å². The van der Waals surface area contributed by atoms with Gasteiger partial charge in [0.1, 0.15) is 0 Å². The predicted octanol–water partition coefficient (Wildman–Crippen LogP) is 4.84. The maximum atomic E-state index is 12.3. The normalized spacial score (nSPS) is 11.0. The van der Waals surface area contributed by atoms with Crippen LogP contribution in [0.3, 0.4) is 0 Å². The molecule has 0 atom stereocenters. The number of hydrogen-bond acceptors (Lipinski definition) is 5. The molecule has 0 fully saturated rings. The number of aryl methyl sites for hydroxylation is 1. The van der Waals surface area contributed by atoms with Crippen molar-refractivity contribution in [3.05, 3.63) is 54.1 Å². The lowest BCUT2D eigenvalue weighted by Gasteiger charge is -2.07. The fraction of sp³-hybridized carbons (Fsp3) is 0.211. The lowest BCUT2D eigenvalue weighted by atomic mass is 10.1. The average Bonchev–Trinajstić information content (AvgIpc) is 3.02. The maximum Gasteiger partial charge on any atom is 0.288 e. The molecule has 1 heterocycles. The van der Waals surface area contributed by atoms with Gasteiger partial charge >= 0.3 is 0 Å². The lowest BCUT2D eigenvalue weighted by Crippen LogP contribution is -2.14. The molecule has 0 aliphatic heterocycles. The molecule has 0 unspecified atom stereocenters. The molecule has 1 aromatic heterocycles. The summed E-state index contributed by atoms with van der Waals surface area (Å²) in [4.78, 5) is 12.6. The Labute approximate surface area is 169 Å². The first kappa shape index (κ1) is 20.3. The Kier molecular flexibility index (Phi) is 6.69. The number of nitrogens with one attached hydrogen (secondary N) is 1. The van der Waals surface area contributed by atoms with Crippen LogP contribution in [0.5, 0.6) is 0 Å². The molecule has 0 saturated heterocycles. The van der Waals surface area contributed by atoms with Gasteiger partial charge in [0.05, 0.1) is 5.75 Å². The molecular weight excluding hydrogens is 402 g/mol. The summed E-state index contributed by atoms with van der Waals surface area (Å²) in [5.41, 5.74) is 2.68. The van der Waals surface area contributed by atoms with Crippen LogP contribution in [0.15, 0.2) is 58.6 Å². The second-order valence-electron chi connectivity index (χ2n) is 5.97. The largest absolute Gasteiger partial charge is 0.325 e. The highest BCUT2D eigenvalue weighted by molar-refractivity contribution is 8.00. The summed E-state index contributed by atoms with van der Waals surface area (Å²) in [5, 5.41) is 11.7. The van der Waals surface area contributed by atoms with Gasteiger partial charge in [0, 0.05) is 23.2 Å². The number of hydrogen-bond donors (Lipinski definition) is 1. The van der Waals surface area contributed by atoms with Crippen LogP contribution in [0.25, 0.3) is 11.4 Å². The molecule has 0 saturated carbocycles. The molecule has 0 spiro atoms. The van der Waals surface area contributed by atoms with Crippen molar-refractivity contribution in [1.29, 1.82) is 0 Å². The number of anilines is 1. The summed E-state index contributed by atoms with van der Waals surface area (Å²) in [5.74, 6) is -1.78. The van der Waals surface area contributed by atoms with Crippen LogP contribution in [0.2, 0.25) is 0 Å². The quantitative estimate of drug-likeness (QED) is 0.555. The molecule has 5 nitrogen and oxygen atoms in total. The number of nitrogens with zero attached hydrogens (tertiary/aromatic N) is 3. The second-order valence-corrected chi connectivity index (χ2v) is 7.98. The van der Waals surface area contributed by atoms with Crippen molar-refractivity contribution >= 4 is 35.1 Å². The summed E-state index contributed by atoms with van der Waals surface area (Å²) < 4.78 is 26.5. The van der Waals surface area contributed by atoms with Gasteiger partial charge < -0.3 is 9.88 Å². The molecule has 2 aromatic carbocycles. The Balaban J connectivity index is 1.57. The Bertz CT molecular complexity index is 944. The van der Waals surface area contributed by atoms with Gasteiger partial charge in [0.2, 0.25) is 5.91 Å². The molecule has 9 heteroatoms. The summed E-state index contributed by atoms with van der Waals surface area (Å²) in [7, 11) is 1.86. The van der Waals surface area contributed by atoms with Crippen LogP contribution in [0.4, 0.5) is 14.5 Å². The van der Waals surface area contributed by atoms with Crippen molar-refractivity contribution in [2.24, 2.45) is 7.05 Å². The smallest absolute Gasteiger partial charge is 0.288 e. The molecule has 0 aliphatic rings. The summed E-state index contributed by atoms with van der Waals surface area (Å²) in [6.07, 6.45) is 0. The van der Waals surface area contributed by atoms with Gasteiger partial charge in [-0.2, -0.15) is 8.78 Å². The van der Waals surface area contributed by atoms with Crippen LogP contribution in [-0.2, 0) is 11.8 Å². The summed E-state index contributed by atoms with van der Waals surface area (Å²) in [6.45, 7) is 2.02. The van der Waals surface area contributed by atoms with E-state index in [4.69, 9.17) is 0 Å². The summed E-state index contributed by atoms with van der Waals surface area (Å²) in [6, 6.07) is 14.3. The maximum absolute atomic E-state index is 12.3. The Morgan fingerprint density at radius 1 is 1.11 bits per heavy atom. The molecule has 1 amide bonds. The zero-order valence-corrected chi connectivity index (χ0v) is 16.9. The number of halogens is 2. The minimum atomic E-state index is -2.46. The highest BCUT2D eigenvalue weighted by Crippen LogP contribution is 2.26. The number of carbonyl (C=O) groups excluding carboxylic acids is 1. The van der Waals surface area contributed by atoms with E-state index in [2.05, 4.69) is 15.5 Å². The predicted molar refractivity (Wildman–Crippen MR) is 109 cm³/mol. The van der Waals surface area contributed by atoms with Gasteiger partial charge in [-0.3, -0.25) is 4.79 Å². The SMILES string of the molecule is Cc1ccc(-c2nnc(SCC(=O)Nc3ccc(SC(F)F)cc3)n2C)cc1. The van der Waals surface area contributed by atoms with Gasteiger partial charge in [0.15, 0.2) is 11.0 Å². The van der Waals surface area contributed by atoms with Gasteiger partial charge in [-0.1, -0.05) is 53.4 Å². The fourth-order valence-electron chi connectivity index (χ4n) is 2.44. The third-order valence-corrected chi connectivity index (χ3v) is 5.58. The van der Waals surface area contributed by atoms with E-state index in [-0.39, 0.29) is 11.7 Å². The topological polar surface area (TPSA) is 59.8 Å². The Morgan fingerprint density at radius 2 is 1.79 bits per heavy atom. The van der Waals surface area contributed by atoms with E-state index in [0.29, 0.717) is 27.5 Å². The van der Waals surface area contributed by atoms with Gasteiger partial charge in [-0.25, -0.2) is 0 Å². The van der Waals surface area contributed by atoms with E-state index < -0.39 is 5.76 Å². The van der Waals surface area contributed by atoms with E-state index >= 15 is 0 Å². The van der Waals surface area contributed by atoms with Crippen LogP contribution < -0.4 is 5.32 Å². The van der Waals surface area contributed by atoms with Gasteiger partial charge in [-0.15, -0.1) is 10.2 Å². The van der Waals surface area contributed by atoms with Gasteiger partial charge in [0.25, 0.3) is 5.76 Å². The Hall–Kier alpha value is -2.39. The highest BCUT2D eigenvalue weighted by atomic mass is 32.2. The van der Waals surface area contributed by atoms with Crippen LogP contribution >= 0.6 is 23.5 Å². The Morgan fingerprint density at radius 3 is 2.43 bits per heavy atom. The molecule has 0 aliphatic carbocycles. The molecule has 0 radical (unpaired) electrons.